The van der Waals surface area contributed by atoms with Crippen molar-refractivity contribution in [3.63, 3.8) is 0 Å². The summed E-state index contributed by atoms with van der Waals surface area (Å²) in [6, 6.07) is 11.9. The first kappa shape index (κ1) is 16.1. The molecule has 0 saturated carbocycles. The number of nitrogens with zero attached hydrogens (tertiary/aromatic N) is 1. The third-order valence-corrected chi connectivity index (χ3v) is 3.44. The van der Waals surface area contributed by atoms with Crippen molar-refractivity contribution in [1.82, 2.24) is 10.2 Å². The second-order valence-electron chi connectivity index (χ2n) is 5.22. The summed E-state index contributed by atoms with van der Waals surface area (Å²) in [4.78, 5) is 13.8. The first-order chi connectivity index (χ1) is 10.5. The molecule has 22 heavy (non-hydrogen) atoms. The van der Waals surface area contributed by atoms with Crippen LogP contribution in [0.2, 0.25) is 0 Å². The van der Waals surface area contributed by atoms with Gasteiger partial charge in [0, 0.05) is 23.7 Å². The molecular formula is C17H18F2N2O. The summed E-state index contributed by atoms with van der Waals surface area (Å²) in [5.41, 5.74) is 0.888. The van der Waals surface area contributed by atoms with E-state index in [1.165, 1.54) is 12.1 Å². The van der Waals surface area contributed by atoms with Crippen molar-refractivity contribution in [2.75, 3.05) is 20.6 Å². The van der Waals surface area contributed by atoms with E-state index >= 15 is 0 Å². The van der Waals surface area contributed by atoms with Crippen LogP contribution in [-0.2, 0) is 0 Å². The first-order valence-electron chi connectivity index (χ1n) is 6.93. The van der Waals surface area contributed by atoms with Crippen LogP contribution in [0.5, 0.6) is 0 Å². The third kappa shape index (κ3) is 3.89. The Morgan fingerprint density at radius 1 is 1.14 bits per heavy atom. The van der Waals surface area contributed by atoms with Crippen LogP contribution in [-0.4, -0.2) is 31.4 Å². The number of rotatable bonds is 5. The molecule has 0 aliphatic heterocycles. The lowest BCUT2D eigenvalue weighted by atomic mass is 10.0. The molecule has 5 heteroatoms. The molecule has 1 N–H and O–H groups in total. The maximum Gasteiger partial charge on any atom is 0.251 e. The molecule has 2 aromatic rings. The molecule has 0 spiro atoms. The number of carbonyl (C=O) groups excluding carboxylic acids is 1. The van der Waals surface area contributed by atoms with Crippen LogP contribution in [0.15, 0.2) is 48.5 Å². The van der Waals surface area contributed by atoms with Gasteiger partial charge in [-0.15, -0.1) is 0 Å². The Morgan fingerprint density at radius 2 is 1.82 bits per heavy atom. The normalized spacial score (nSPS) is 12.2. The van der Waals surface area contributed by atoms with Crippen LogP contribution in [0, 0.1) is 11.6 Å². The van der Waals surface area contributed by atoms with Gasteiger partial charge in [0.2, 0.25) is 0 Å². The quantitative estimate of drug-likeness (QED) is 0.921. The molecule has 0 fully saturated rings. The maximum atomic E-state index is 13.9. The molecule has 0 unspecified atom stereocenters. The van der Waals surface area contributed by atoms with E-state index in [9.17, 15) is 13.6 Å². The molecular weight excluding hydrogens is 286 g/mol. The lowest BCUT2D eigenvalue weighted by Crippen LogP contribution is -2.35. The zero-order valence-corrected chi connectivity index (χ0v) is 12.5. The van der Waals surface area contributed by atoms with Crippen molar-refractivity contribution in [2.45, 2.75) is 6.04 Å². The Balaban J connectivity index is 2.11. The second kappa shape index (κ2) is 7.13. The number of benzene rings is 2. The standard InChI is InChI=1S/C17H18F2N2O/c1-21(2)16(14-9-8-13(18)10-15(14)19)11-20-17(22)12-6-4-3-5-7-12/h3-10,16H,11H2,1-2H3,(H,20,22)/t16-/m1/s1. The van der Waals surface area contributed by atoms with E-state index in [2.05, 4.69) is 5.32 Å². The van der Waals surface area contributed by atoms with Gasteiger partial charge in [0.1, 0.15) is 11.6 Å². The van der Waals surface area contributed by atoms with Crippen LogP contribution in [0.3, 0.4) is 0 Å². The minimum Gasteiger partial charge on any atom is -0.350 e. The van der Waals surface area contributed by atoms with Gasteiger partial charge < -0.3 is 10.2 Å². The molecule has 0 aliphatic rings. The largest absolute Gasteiger partial charge is 0.350 e. The predicted octanol–water partition coefficient (Wildman–Crippen LogP) is 3.00. The number of amides is 1. The fourth-order valence-electron chi connectivity index (χ4n) is 2.22. The monoisotopic (exact) mass is 304 g/mol. The van der Waals surface area contributed by atoms with E-state index in [1.54, 1.807) is 43.3 Å². The zero-order valence-electron chi connectivity index (χ0n) is 12.5. The van der Waals surface area contributed by atoms with Crippen molar-refractivity contribution in [2.24, 2.45) is 0 Å². The van der Waals surface area contributed by atoms with E-state index in [-0.39, 0.29) is 18.5 Å². The summed E-state index contributed by atoms with van der Waals surface area (Å²) < 4.78 is 27.0. The molecule has 0 aromatic heterocycles. The maximum absolute atomic E-state index is 13.9. The lowest BCUT2D eigenvalue weighted by Gasteiger charge is -2.25. The Hall–Kier alpha value is -2.27. The molecule has 2 rings (SSSR count). The number of nitrogens with one attached hydrogen (secondary N) is 1. The topological polar surface area (TPSA) is 32.3 Å². The number of carbonyl (C=O) groups is 1. The highest BCUT2D eigenvalue weighted by molar-refractivity contribution is 5.94. The minimum atomic E-state index is -0.618. The summed E-state index contributed by atoms with van der Waals surface area (Å²) in [5, 5.41) is 2.78. The first-order valence-corrected chi connectivity index (χ1v) is 6.93. The van der Waals surface area contributed by atoms with Gasteiger partial charge in [0.05, 0.1) is 6.04 Å². The van der Waals surface area contributed by atoms with Crippen molar-refractivity contribution >= 4 is 5.91 Å². The van der Waals surface area contributed by atoms with Crippen LogP contribution < -0.4 is 5.32 Å². The van der Waals surface area contributed by atoms with Crippen molar-refractivity contribution < 1.29 is 13.6 Å². The van der Waals surface area contributed by atoms with Gasteiger partial charge in [-0.2, -0.15) is 0 Å². The van der Waals surface area contributed by atoms with Gasteiger partial charge >= 0.3 is 0 Å². The average molecular weight is 304 g/mol. The summed E-state index contributed by atoms with van der Waals surface area (Å²) in [6.07, 6.45) is 0. The van der Waals surface area contributed by atoms with E-state index in [0.717, 1.165) is 6.07 Å². The summed E-state index contributed by atoms with van der Waals surface area (Å²) in [7, 11) is 3.56. The van der Waals surface area contributed by atoms with Crippen LogP contribution in [0.1, 0.15) is 22.0 Å². The van der Waals surface area contributed by atoms with Gasteiger partial charge in [0.25, 0.3) is 5.91 Å². The fraction of sp³-hybridized carbons (Fsp3) is 0.235. The SMILES string of the molecule is CN(C)[C@H](CNC(=O)c1ccccc1)c1ccc(F)cc1F. The summed E-state index contributed by atoms with van der Waals surface area (Å²) in [5.74, 6) is -1.46. The third-order valence-electron chi connectivity index (χ3n) is 3.44. The zero-order chi connectivity index (χ0) is 16.1. The van der Waals surface area contributed by atoms with E-state index in [4.69, 9.17) is 0 Å². The van der Waals surface area contributed by atoms with Crippen LogP contribution in [0.4, 0.5) is 8.78 Å². The van der Waals surface area contributed by atoms with Crippen molar-refractivity contribution in [3.05, 3.63) is 71.3 Å². The second-order valence-corrected chi connectivity index (χ2v) is 5.22. The predicted molar refractivity (Wildman–Crippen MR) is 81.6 cm³/mol. The molecule has 3 nitrogen and oxygen atoms in total. The van der Waals surface area contributed by atoms with E-state index < -0.39 is 11.6 Å². The smallest absolute Gasteiger partial charge is 0.251 e. The molecule has 0 bridgehead atoms. The summed E-state index contributed by atoms with van der Waals surface area (Å²) >= 11 is 0. The van der Waals surface area contributed by atoms with Gasteiger partial charge in [0.15, 0.2) is 0 Å². The Morgan fingerprint density at radius 3 is 2.41 bits per heavy atom. The molecule has 0 saturated heterocycles. The number of halogens is 2. The van der Waals surface area contributed by atoms with Gasteiger partial charge in [-0.25, -0.2) is 8.78 Å². The fourth-order valence-corrected chi connectivity index (χ4v) is 2.22. The number of likely N-dealkylation sites (N-methyl/N-ethyl adjacent to an activating group) is 1. The number of hydrogen-bond acceptors (Lipinski definition) is 2. The van der Waals surface area contributed by atoms with Crippen molar-refractivity contribution in [3.8, 4) is 0 Å². The molecule has 0 aliphatic carbocycles. The average Bonchev–Trinajstić information content (AvgIpc) is 2.49. The van der Waals surface area contributed by atoms with Crippen LogP contribution >= 0.6 is 0 Å². The molecule has 0 radical (unpaired) electrons. The van der Waals surface area contributed by atoms with Gasteiger partial charge in [-0.1, -0.05) is 24.3 Å². The highest BCUT2D eigenvalue weighted by atomic mass is 19.1. The summed E-state index contributed by atoms with van der Waals surface area (Å²) in [6.45, 7) is 0.225. The van der Waals surface area contributed by atoms with Gasteiger partial charge in [-0.05, 0) is 32.3 Å². The molecule has 116 valence electrons. The van der Waals surface area contributed by atoms with Crippen molar-refractivity contribution in [1.29, 1.82) is 0 Å². The lowest BCUT2D eigenvalue weighted by molar-refractivity contribution is 0.0941. The van der Waals surface area contributed by atoms with Crippen LogP contribution in [0.25, 0.3) is 0 Å². The Bertz CT molecular complexity index is 644. The minimum absolute atomic E-state index is 0.225. The number of hydrogen-bond donors (Lipinski definition) is 1. The molecule has 2 aromatic carbocycles. The Labute approximate surface area is 128 Å². The highest BCUT2D eigenvalue weighted by Crippen LogP contribution is 2.21. The highest BCUT2D eigenvalue weighted by Gasteiger charge is 2.19. The van der Waals surface area contributed by atoms with E-state index in [0.29, 0.717) is 11.1 Å². The molecule has 1 amide bonds. The van der Waals surface area contributed by atoms with E-state index in [1.807, 2.05) is 6.07 Å². The Kier molecular flexibility index (Phi) is 5.22. The molecule has 0 heterocycles. The van der Waals surface area contributed by atoms with Gasteiger partial charge in [-0.3, -0.25) is 4.79 Å². The molecule has 1 atom stereocenters.